The number of nitrogens with zero attached hydrogens (tertiary/aromatic N) is 5. The molecule has 4 rings (SSSR count). The average Bonchev–Trinajstić information content (AvgIpc) is 3.12. The third-order valence-corrected chi connectivity index (χ3v) is 4.91. The normalized spacial score (nSPS) is 23.7. The molecule has 132 valence electrons. The van der Waals surface area contributed by atoms with E-state index in [1.54, 1.807) is 29.3 Å². The minimum Gasteiger partial charge on any atom is -0.349 e. The summed E-state index contributed by atoms with van der Waals surface area (Å²) in [6.07, 6.45) is 10.2. The fourth-order valence-electron chi connectivity index (χ4n) is 3.61. The van der Waals surface area contributed by atoms with Crippen molar-refractivity contribution in [2.45, 2.75) is 50.4 Å². The van der Waals surface area contributed by atoms with Crippen molar-refractivity contribution in [2.24, 2.45) is 7.05 Å². The van der Waals surface area contributed by atoms with Crippen LogP contribution in [0.1, 0.15) is 37.5 Å². The number of likely N-dealkylation sites (tertiary alicyclic amines) is 1. The molecule has 2 amide bonds. The highest BCUT2D eigenvalue weighted by Crippen LogP contribution is 2.40. The van der Waals surface area contributed by atoms with Crippen molar-refractivity contribution >= 4 is 11.8 Å². The van der Waals surface area contributed by atoms with Crippen molar-refractivity contribution in [3.05, 3.63) is 36.7 Å². The molecule has 0 aromatic carbocycles. The molecule has 2 fully saturated rings. The van der Waals surface area contributed by atoms with E-state index in [9.17, 15) is 9.59 Å². The Balaban J connectivity index is 1.57. The standard InChI is InChI=1S/C17H22N6O2/c1-21-10-8-18-17(21)16-13(5-6-15(25)23(16)12-3-4-12)20-14(24)11-22-9-2-7-19-22/h2,7-10,12-13,16H,3-6,11H2,1H3,(H,20,24)/t13-,16-/m1/s1. The SMILES string of the molecule is Cn1ccnc1[C@H]1[C@H](NC(=O)Cn2cccn2)CCC(=O)N1C1CC1. The van der Waals surface area contributed by atoms with Crippen LogP contribution in [-0.2, 0) is 23.2 Å². The smallest absolute Gasteiger partial charge is 0.242 e. The zero-order chi connectivity index (χ0) is 17.4. The summed E-state index contributed by atoms with van der Waals surface area (Å²) in [5.74, 6) is 0.885. The van der Waals surface area contributed by atoms with Crippen LogP contribution in [0.15, 0.2) is 30.9 Å². The van der Waals surface area contributed by atoms with Gasteiger partial charge in [0.2, 0.25) is 11.8 Å². The Labute approximate surface area is 145 Å². The maximum absolute atomic E-state index is 12.5. The molecule has 1 saturated heterocycles. The van der Waals surface area contributed by atoms with Crippen LogP contribution in [0.5, 0.6) is 0 Å². The minimum atomic E-state index is -0.213. The molecule has 0 bridgehead atoms. The van der Waals surface area contributed by atoms with E-state index in [-0.39, 0.29) is 36.5 Å². The highest BCUT2D eigenvalue weighted by Gasteiger charge is 2.46. The summed E-state index contributed by atoms with van der Waals surface area (Å²) < 4.78 is 3.53. The second kappa shape index (κ2) is 6.34. The van der Waals surface area contributed by atoms with Gasteiger partial charge < -0.3 is 14.8 Å². The molecule has 2 aliphatic rings. The monoisotopic (exact) mass is 342 g/mol. The molecular weight excluding hydrogens is 320 g/mol. The molecule has 2 aromatic rings. The number of carbonyl (C=O) groups excluding carboxylic acids is 2. The first kappa shape index (κ1) is 15.9. The van der Waals surface area contributed by atoms with Gasteiger partial charge in [-0.2, -0.15) is 5.10 Å². The summed E-state index contributed by atoms with van der Waals surface area (Å²) in [4.78, 5) is 31.4. The van der Waals surface area contributed by atoms with Crippen molar-refractivity contribution in [1.82, 2.24) is 29.5 Å². The minimum absolute atomic E-state index is 0.0991. The van der Waals surface area contributed by atoms with Crippen LogP contribution in [0.25, 0.3) is 0 Å². The lowest BCUT2D eigenvalue weighted by atomic mass is 9.94. The topological polar surface area (TPSA) is 85.0 Å². The lowest BCUT2D eigenvalue weighted by Crippen LogP contribution is -2.54. The number of aromatic nitrogens is 4. The second-order valence-corrected chi connectivity index (χ2v) is 6.79. The zero-order valence-corrected chi connectivity index (χ0v) is 14.2. The van der Waals surface area contributed by atoms with E-state index < -0.39 is 0 Å². The highest BCUT2D eigenvalue weighted by atomic mass is 16.2. The van der Waals surface area contributed by atoms with Gasteiger partial charge in [-0.25, -0.2) is 4.98 Å². The first-order chi connectivity index (χ1) is 12.1. The third kappa shape index (κ3) is 3.16. The molecular formula is C17H22N6O2. The summed E-state index contributed by atoms with van der Waals surface area (Å²) in [5, 5.41) is 7.18. The number of nitrogens with one attached hydrogen (secondary N) is 1. The Morgan fingerprint density at radius 3 is 2.76 bits per heavy atom. The van der Waals surface area contributed by atoms with E-state index >= 15 is 0 Å². The predicted molar refractivity (Wildman–Crippen MR) is 89.2 cm³/mol. The third-order valence-electron chi connectivity index (χ3n) is 4.91. The number of amides is 2. The molecule has 2 aromatic heterocycles. The van der Waals surface area contributed by atoms with Gasteiger partial charge in [-0.3, -0.25) is 14.3 Å². The van der Waals surface area contributed by atoms with Crippen LogP contribution >= 0.6 is 0 Å². The molecule has 0 unspecified atom stereocenters. The molecule has 1 aliphatic heterocycles. The number of piperidine rings is 1. The largest absolute Gasteiger partial charge is 0.349 e. The van der Waals surface area contributed by atoms with Crippen LogP contribution in [0, 0.1) is 0 Å². The Kier molecular flexibility index (Phi) is 4.03. The molecule has 0 radical (unpaired) electrons. The summed E-state index contributed by atoms with van der Waals surface area (Å²) >= 11 is 0. The van der Waals surface area contributed by atoms with Crippen LogP contribution in [0.4, 0.5) is 0 Å². The molecule has 1 saturated carbocycles. The van der Waals surface area contributed by atoms with Crippen LogP contribution < -0.4 is 5.32 Å². The van der Waals surface area contributed by atoms with Gasteiger partial charge in [0.05, 0.1) is 6.04 Å². The molecule has 8 nitrogen and oxygen atoms in total. The van der Waals surface area contributed by atoms with E-state index in [0.29, 0.717) is 12.8 Å². The number of hydrogen-bond donors (Lipinski definition) is 1. The first-order valence-corrected chi connectivity index (χ1v) is 8.68. The van der Waals surface area contributed by atoms with Gasteiger partial charge in [-0.1, -0.05) is 0 Å². The molecule has 1 N–H and O–H groups in total. The molecule has 0 spiro atoms. The maximum Gasteiger partial charge on any atom is 0.242 e. The first-order valence-electron chi connectivity index (χ1n) is 8.68. The number of hydrogen-bond acceptors (Lipinski definition) is 4. The molecule has 8 heteroatoms. The van der Waals surface area contributed by atoms with Gasteiger partial charge in [0.15, 0.2) is 0 Å². The van der Waals surface area contributed by atoms with Crippen LogP contribution in [0.2, 0.25) is 0 Å². The van der Waals surface area contributed by atoms with Crippen molar-refractivity contribution in [2.75, 3.05) is 0 Å². The lowest BCUT2D eigenvalue weighted by molar-refractivity contribution is -0.140. The van der Waals surface area contributed by atoms with E-state index in [4.69, 9.17) is 0 Å². The van der Waals surface area contributed by atoms with E-state index in [1.807, 2.05) is 22.7 Å². The Morgan fingerprint density at radius 1 is 1.28 bits per heavy atom. The fraction of sp³-hybridized carbons (Fsp3) is 0.529. The van der Waals surface area contributed by atoms with Gasteiger partial charge >= 0.3 is 0 Å². The van der Waals surface area contributed by atoms with Gasteiger partial charge in [0.1, 0.15) is 18.4 Å². The summed E-state index contributed by atoms with van der Waals surface area (Å²) in [6, 6.07) is 1.72. The van der Waals surface area contributed by atoms with E-state index in [0.717, 1.165) is 18.7 Å². The van der Waals surface area contributed by atoms with Gasteiger partial charge in [0.25, 0.3) is 0 Å². The van der Waals surface area contributed by atoms with Crippen molar-refractivity contribution in [1.29, 1.82) is 0 Å². The average molecular weight is 342 g/mol. The lowest BCUT2D eigenvalue weighted by Gasteiger charge is -2.41. The zero-order valence-electron chi connectivity index (χ0n) is 14.2. The predicted octanol–water partition coefficient (Wildman–Crippen LogP) is 0.627. The Hall–Kier alpha value is -2.64. The maximum atomic E-state index is 12.5. The quantitative estimate of drug-likeness (QED) is 0.863. The van der Waals surface area contributed by atoms with Gasteiger partial charge in [-0.05, 0) is 25.3 Å². The molecule has 25 heavy (non-hydrogen) atoms. The number of imidazole rings is 1. The second-order valence-electron chi connectivity index (χ2n) is 6.79. The van der Waals surface area contributed by atoms with Gasteiger partial charge in [-0.15, -0.1) is 0 Å². The highest BCUT2D eigenvalue weighted by molar-refractivity contribution is 5.80. The number of aryl methyl sites for hydroxylation is 1. The number of rotatable bonds is 5. The van der Waals surface area contributed by atoms with Crippen LogP contribution in [0.3, 0.4) is 0 Å². The summed E-state index contributed by atoms with van der Waals surface area (Å²) in [5.41, 5.74) is 0. The van der Waals surface area contributed by atoms with Crippen LogP contribution in [-0.4, -0.2) is 48.1 Å². The van der Waals surface area contributed by atoms with Crippen molar-refractivity contribution < 1.29 is 9.59 Å². The fourth-order valence-corrected chi connectivity index (χ4v) is 3.61. The van der Waals surface area contributed by atoms with Gasteiger partial charge in [0, 0.05) is 44.3 Å². The Bertz CT molecular complexity index is 764. The Morgan fingerprint density at radius 2 is 2.12 bits per heavy atom. The van der Waals surface area contributed by atoms with E-state index in [1.165, 1.54) is 0 Å². The summed E-state index contributed by atoms with van der Waals surface area (Å²) in [7, 11) is 1.93. The molecule has 1 aliphatic carbocycles. The van der Waals surface area contributed by atoms with Crippen molar-refractivity contribution in [3.63, 3.8) is 0 Å². The van der Waals surface area contributed by atoms with Crippen molar-refractivity contribution in [3.8, 4) is 0 Å². The summed E-state index contributed by atoms with van der Waals surface area (Å²) in [6.45, 7) is 0.175. The molecule has 2 atom stereocenters. The number of carbonyl (C=O) groups is 2. The molecule has 3 heterocycles. The van der Waals surface area contributed by atoms with E-state index in [2.05, 4.69) is 15.4 Å².